The highest BCUT2D eigenvalue weighted by molar-refractivity contribution is 7.98. The van der Waals surface area contributed by atoms with Crippen LogP contribution >= 0.6 is 11.8 Å². The summed E-state index contributed by atoms with van der Waals surface area (Å²) < 4.78 is 4.99. The van der Waals surface area contributed by atoms with Crippen molar-refractivity contribution in [2.45, 2.75) is 19.4 Å². The summed E-state index contributed by atoms with van der Waals surface area (Å²) in [5.74, 6) is 0.952. The summed E-state index contributed by atoms with van der Waals surface area (Å²) in [5, 5.41) is 9.68. The number of hydrogen-bond donors (Lipinski definition) is 2. The molecule has 0 saturated carbocycles. The Labute approximate surface area is 92.0 Å². The first kappa shape index (κ1) is 12.0. The molecule has 0 aliphatic carbocycles. The molecule has 0 radical (unpaired) electrons. The summed E-state index contributed by atoms with van der Waals surface area (Å²) in [5.41, 5.74) is 5.64. The summed E-state index contributed by atoms with van der Waals surface area (Å²) in [7, 11) is 0. The average Bonchev–Trinajstić information content (AvgIpc) is 2.60. The van der Waals surface area contributed by atoms with E-state index in [2.05, 4.69) is 15.5 Å². The molecule has 0 saturated heterocycles. The molecule has 1 amide bonds. The number of anilines is 1. The van der Waals surface area contributed by atoms with Gasteiger partial charge in [-0.05, 0) is 18.4 Å². The number of amides is 1. The van der Waals surface area contributed by atoms with Crippen LogP contribution < -0.4 is 11.1 Å². The van der Waals surface area contributed by atoms with E-state index in [-0.39, 0.29) is 11.9 Å². The number of rotatable bonds is 5. The van der Waals surface area contributed by atoms with Crippen molar-refractivity contribution in [1.82, 2.24) is 10.2 Å². The van der Waals surface area contributed by atoms with Crippen LogP contribution in [0.5, 0.6) is 0 Å². The van der Waals surface area contributed by atoms with Gasteiger partial charge in [0.15, 0.2) is 0 Å². The number of aromatic nitrogens is 2. The summed E-state index contributed by atoms with van der Waals surface area (Å²) in [6.07, 6.45) is 2.59. The van der Waals surface area contributed by atoms with Gasteiger partial charge in [0.1, 0.15) is 0 Å². The van der Waals surface area contributed by atoms with Gasteiger partial charge in [0, 0.05) is 6.92 Å². The predicted molar refractivity (Wildman–Crippen MR) is 58.6 cm³/mol. The fourth-order valence-corrected chi connectivity index (χ4v) is 1.41. The molecular formula is C8H14N4O2S. The molecule has 0 fully saturated rings. The van der Waals surface area contributed by atoms with Crippen molar-refractivity contribution < 1.29 is 9.21 Å². The van der Waals surface area contributed by atoms with Gasteiger partial charge in [-0.3, -0.25) is 10.1 Å². The number of carbonyl (C=O) groups is 1. The van der Waals surface area contributed by atoms with Gasteiger partial charge in [0.05, 0.1) is 6.04 Å². The summed E-state index contributed by atoms with van der Waals surface area (Å²) in [6, 6.07) is -0.443. The smallest absolute Gasteiger partial charge is 0.322 e. The van der Waals surface area contributed by atoms with E-state index >= 15 is 0 Å². The molecule has 1 aromatic rings. The molecule has 1 aromatic heterocycles. The number of aryl methyl sites for hydroxylation is 1. The third-order valence-electron chi connectivity index (χ3n) is 1.73. The first-order valence-corrected chi connectivity index (χ1v) is 5.88. The zero-order valence-electron chi connectivity index (χ0n) is 8.69. The van der Waals surface area contributed by atoms with Crippen LogP contribution in [0.25, 0.3) is 0 Å². The number of carbonyl (C=O) groups excluding carboxylic acids is 1. The quantitative estimate of drug-likeness (QED) is 0.760. The molecule has 7 heteroatoms. The second-order valence-electron chi connectivity index (χ2n) is 3.00. The van der Waals surface area contributed by atoms with Crippen molar-refractivity contribution in [1.29, 1.82) is 0 Å². The topological polar surface area (TPSA) is 94.0 Å². The molecule has 0 aromatic carbocycles. The van der Waals surface area contributed by atoms with Crippen LogP contribution in [0.2, 0.25) is 0 Å². The molecule has 15 heavy (non-hydrogen) atoms. The maximum Gasteiger partial charge on any atom is 0.322 e. The summed E-state index contributed by atoms with van der Waals surface area (Å²) >= 11 is 1.65. The van der Waals surface area contributed by atoms with Crippen molar-refractivity contribution >= 4 is 23.7 Å². The highest BCUT2D eigenvalue weighted by atomic mass is 32.2. The summed E-state index contributed by atoms with van der Waals surface area (Å²) in [4.78, 5) is 11.5. The minimum atomic E-state index is -0.537. The number of thioether (sulfide) groups is 1. The van der Waals surface area contributed by atoms with Gasteiger partial charge in [0.2, 0.25) is 11.8 Å². The second kappa shape index (κ2) is 5.72. The average molecular weight is 230 g/mol. The number of hydrogen-bond acceptors (Lipinski definition) is 6. The predicted octanol–water partition coefficient (Wildman–Crippen LogP) is 0.397. The fraction of sp³-hybridized carbons (Fsp3) is 0.625. The zero-order valence-corrected chi connectivity index (χ0v) is 9.50. The number of nitrogens with one attached hydrogen (secondary N) is 1. The Morgan fingerprint density at radius 1 is 1.67 bits per heavy atom. The van der Waals surface area contributed by atoms with Gasteiger partial charge >= 0.3 is 6.01 Å². The van der Waals surface area contributed by atoms with Gasteiger partial charge < -0.3 is 10.2 Å². The Hall–Kier alpha value is -1.08. The maximum absolute atomic E-state index is 11.5. The lowest BCUT2D eigenvalue weighted by atomic mass is 10.2. The minimum absolute atomic E-state index is 0.0945. The molecule has 1 rings (SSSR count). The van der Waals surface area contributed by atoms with E-state index < -0.39 is 6.04 Å². The van der Waals surface area contributed by atoms with Gasteiger partial charge in [-0.15, -0.1) is 5.10 Å². The lowest BCUT2D eigenvalue weighted by molar-refractivity contribution is -0.117. The highest BCUT2D eigenvalue weighted by Crippen LogP contribution is 2.05. The lowest BCUT2D eigenvalue weighted by Crippen LogP contribution is -2.36. The van der Waals surface area contributed by atoms with Crippen molar-refractivity contribution in [3.63, 3.8) is 0 Å². The molecule has 84 valence electrons. The minimum Gasteiger partial charge on any atom is -0.408 e. The molecule has 3 N–H and O–H groups in total. The normalized spacial score (nSPS) is 12.5. The van der Waals surface area contributed by atoms with Crippen molar-refractivity contribution in [3.8, 4) is 0 Å². The standard InChI is InChI=1S/C8H14N4O2S/c1-5-11-12-8(14-5)10-7(13)6(9)3-4-15-2/h6H,3-4,9H2,1-2H3,(H,10,12,13)/t6-/m1/s1. The van der Waals surface area contributed by atoms with E-state index in [1.807, 2.05) is 6.26 Å². The van der Waals surface area contributed by atoms with Crippen LogP contribution in [0.1, 0.15) is 12.3 Å². The van der Waals surface area contributed by atoms with Crippen LogP contribution in [0.15, 0.2) is 4.42 Å². The third kappa shape index (κ3) is 3.88. The van der Waals surface area contributed by atoms with Crippen LogP contribution in [0.3, 0.4) is 0 Å². The molecule has 0 aliphatic heterocycles. The van der Waals surface area contributed by atoms with E-state index in [0.29, 0.717) is 12.3 Å². The van der Waals surface area contributed by atoms with Crippen LogP contribution in [0, 0.1) is 6.92 Å². The van der Waals surface area contributed by atoms with E-state index in [9.17, 15) is 4.79 Å². The van der Waals surface area contributed by atoms with Crippen molar-refractivity contribution in [3.05, 3.63) is 5.89 Å². The molecule has 0 aliphatic rings. The Morgan fingerprint density at radius 3 is 2.93 bits per heavy atom. The number of nitrogens with two attached hydrogens (primary N) is 1. The highest BCUT2D eigenvalue weighted by Gasteiger charge is 2.15. The van der Waals surface area contributed by atoms with Crippen LogP contribution in [-0.4, -0.2) is 34.2 Å². The molecule has 0 bridgehead atoms. The summed E-state index contributed by atoms with van der Waals surface area (Å²) in [6.45, 7) is 1.65. The van der Waals surface area contributed by atoms with E-state index in [0.717, 1.165) is 5.75 Å². The Bertz CT molecular complexity index is 328. The Kier molecular flexibility index (Phi) is 4.57. The maximum atomic E-state index is 11.5. The molecule has 6 nitrogen and oxygen atoms in total. The molecular weight excluding hydrogens is 216 g/mol. The van der Waals surface area contributed by atoms with E-state index in [4.69, 9.17) is 10.2 Å². The monoisotopic (exact) mass is 230 g/mol. The van der Waals surface area contributed by atoms with E-state index in [1.165, 1.54) is 0 Å². The molecule has 1 heterocycles. The zero-order chi connectivity index (χ0) is 11.3. The van der Waals surface area contributed by atoms with E-state index in [1.54, 1.807) is 18.7 Å². The van der Waals surface area contributed by atoms with Crippen LogP contribution in [0.4, 0.5) is 6.01 Å². The first-order valence-electron chi connectivity index (χ1n) is 4.49. The van der Waals surface area contributed by atoms with Crippen molar-refractivity contribution in [2.24, 2.45) is 5.73 Å². The SMILES string of the molecule is CSCC[C@@H](N)C(=O)Nc1nnc(C)o1. The first-order chi connectivity index (χ1) is 7.13. The second-order valence-corrected chi connectivity index (χ2v) is 3.99. The Balaban J connectivity index is 2.41. The van der Waals surface area contributed by atoms with Gasteiger partial charge in [0.25, 0.3) is 0 Å². The third-order valence-corrected chi connectivity index (χ3v) is 2.37. The van der Waals surface area contributed by atoms with Gasteiger partial charge in [-0.25, -0.2) is 0 Å². The largest absolute Gasteiger partial charge is 0.408 e. The molecule has 1 atom stereocenters. The fourth-order valence-electron chi connectivity index (χ4n) is 0.921. The van der Waals surface area contributed by atoms with Crippen molar-refractivity contribution in [2.75, 3.05) is 17.3 Å². The molecule has 0 spiro atoms. The lowest BCUT2D eigenvalue weighted by Gasteiger charge is -2.08. The van der Waals surface area contributed by atoms with Crippen LogP contribution in [-0.2, 0) is 4.79 Å². The Morgan fingerprint density at radius 2 is 2.40 bits per heavy atom. The number of nitrogens with zero attached hydrogens (tertiary/aromatic N) is 2. The van der Waals surface area contributed by atoms with Gasteiger partial charge in [-0.2, -0.15) is 11.8 Å². The van der Waals surface area contributed by atoms with Gasteiger partial charge in [-0.1, -0.05) is 5.10 Å². The molecule has 0 unspecified atom stereocenters.